The molecule has 1 saturated heterocycles. The van der Waals surface area contributed by atoms with Gasteiger partial charge in [0.1, 0.15) is 0 Å². The van der Waals surface area contributed by atoms with Crippen LogP contribution in [0.5, 0.6) is 0 Å². The first-order chi connectivity index (χ1) is 10.7. The molecule has 6 nitrogen and oxygen atoms in total. The molecule has 0 aromatic carbocycles. The molecule has 0 aromatic heterocycles. The van der Waals surface area contributed by atoms with E-state index in [2.05, 4.69) is 11.9 Å². The average Bonchev–Trinajstić information content (AvgIpc) is 2.53. The molecule has 7 heteroatoms. The maximum absolute atomic E-state index is 12.3. The molecule has 3 N–H and O–H groups in total. The normalized spacial score (nSPS) is 17.3. The van der Waals surface area contributed by atoms with E-state index in [9.17, 15) is 9.59 Å². The van der Waals surface area contributed by atoms with Crippen LogP contribution in [-0.2, 0) is 14.3 Å². The van der Waals surface area contributed by atoms with Crippen molar-refractivity contribution < 1.29 is 14.3 Å². The summed E-state index contributed by atoms with van der Waals surface area (Å²) >= 11 is 0. The number of ether oxygens (including phenoxy) is 1. The smallest absolute Gasteiger partial charge is 0.222 e. The zero-order valence-electron chi connectivity index (χ0n) is 13.8. The van der Waals surface area contributed by atoms with E-state index in [1.54, 1.807) is 6.08 Å². The molecule has 134 valence electrons. The van der Waals surface area contributed by atoms with Crippen LogP contribution in [0.3, 0.4) is 0 Å². The van der Waals surface area contributed by atoms with E-state index >= 15 is 0 Å². The molecular weight excluding hydrogens is 318 g/mol. The van der Waals surface area contributed by atoms with Crippen molar-refractivity contribution >= 4 is 24.2 Å². The average molecular weight is 348 g/mol. The van der Waals surface area contributed by atoms with Crippen molar-refractivity contribution in [1.29, 1.82) is 0 Å². The molecule has 1 fully saturated rings. The van der Waals surface area contributed by atoms with Crippen LogP contribution in [0.1, 0.15) is 38.5 Å². The number of likely N-dealkylation sites (tertiary alicyclic amines) is 1. The van der Waals surface area contributed by atoms with Gasteiger partial charge in [-0.1, -0.05) is 6.08 Å². The van der Waals surface area contributed by atoms with E-state index in [1.807, 2.05) is 4.90 Å². The van der Waals surface area contributed by atoms with Crippen LogP contribution in [0.25, 0.3) is 0 Å². The van der Waals surface area contributed by atoms with Gasteiger partial charge in [0, 0.05) is 45.1 Å². The van der Waals surface area contributed by atoms with Gasteiger partial charge < -0.3 is 20.7 Å². The number of nitrogens with one attached hydrogen (secondary N) is 1. The standard InChI is InChI=1S/C16H29N3O3.ClH/c1-2-11-22-12-5-7-16(21)19-10-4-3-6-14(19)13-18-15(20)8-9-17;/h2,14H,1,3-13,17H2,(H,18,20);1H. The second-order valence-corrected chi connectivity index (χ2v) is 5.55. The van der Waals surface area contributed by atoms with E-state index < -0.39 is 0 Å². The summed E-state index contributed by atoms with van der Waals surface area (Å²) in [6.07, 6.45) is 6.32. The number of amides is 2. The Morgan fingerprint density at radius 3 is 2.83 bits per heavy atom. The van der Waals surface area contributed by atoms with Crippen molar-refractivity contribution in [2.75, 3.05) is 32.8 Å². The van der Waals surface area contributed by atoms with Gasteiger partial charge in [0.25, 0.3) is 0 Å². The minimum atomic E-state index is -0.0432. The molecule has 0 bridgehead atoms. The summed E-state index contributed by atoms with van der Waals surface area (Å²) in [4.78, 5) is 25.8. The summed E-state index contributed by atoms with van der Waals surface area (Å²) in [6, 6.07) is 0.108. The summed E-state index contributed by atoms with van der Waals surface area (Å²) in [7, 11) is 0. The first-order valence-electron chi connectivity index (χ1n) is 8.14. The number of rotatable bonds is 10. The zero-order chi connectivity index (χ0) is 16.2. The summed E-state index contributed by atoms with van der Waals surface area (Å²) in [5.74, 6) is 0.110. The van der Waals surface area contributed by atoms with Crippen LogP contribution in [-0.4, -0.2) is 55.6 Å². The van der Waals surface area contributed by atoms with E-state index in [1.165, 1.54) is 0 Å². The maximum Gasteiger partial charge on any atom is 0.222 e. The molecule has 0 saturated carbocycles. The van der Waals surface area contributed by atoms with Gasteiger partial charge >= 0.3 is 0 Å². The second kappa shape index (κ2) is 13.3. The predicted octanol–water partition coefficient (Wildman–Crippen LogP) is 1.24. The highest BCUT2D eigenvalue weighted by Gasteiger charge is 2.26. The molecule has 2 amide bonds. The summed E-state index contributed by atoms with van der Waals surface area (Å²) in [6.45, 7) is 6.33. The van der Waals surface area contributed by atoms with Crippen molar-refractivity contribution in [2.45, 2.75) is 44.6 Å². The number of halogens is 1. The Balaban J connectivity index is 0.00000484. The van der Waals surface area contributed by atoms with Gasteiger partial charge in [-0.2, -0.15) is 0 Å². The third-order valence-corrected chi connectivity index (χ3v) is 3.77. The molecule has 1 heterocycles. The summed E-state index contributed by atoms with van der Waals surface area (Å²) < 4.78 is 5.30. The Kier molecular flexibility index (Phi) is 12.7. The maximum atomic E-state index is 12.3. The lowest BCUT2D eigenvalue weighted by molar-refractivity contribution is -0.135. The Bertz CT molecular complexity index is 366. The highest BCUT2D eigenvalue weighted by Crippen LogP contribution is 2.18. The van der Waals surface area contributed by atoms with Gasteiger partial charge in [-0.05, 0) is 25.7 Å². The molecule has 0 spiro atoms. The number of hydrogen-bond donors (Lipinski definition) is 2. The van der Waals surface area contributed by atoms with Gasteiger partial charge in [-0.3, -0.25) is 9.59 Å². The summed E-state index contributed by atoms with van der Waals surface area (Å²) in [5, 5.41) is 2.87. The van der Waals surface area contributed by atoms with E-state index in [-0.39, 0.29) is 30.3 Å². The molecule has 23 heavy (non-hydrogen) atoms. The number of nitrogens with zero attached hydrogens (tertiary/aromatic N) is 1. The van der Waals surface area contributed by atoms with Crippen molar-refractivity contribution in [2.24, 2.45) is 5.73 Å². The Morgan fingerprint density at radius 1 is 1.35 bits per heavy atom. The lowest BCUT2D eigenvalue weighted by Gasteiger charge is -2.36. The van der Waals surface area contributed by atoms with E-state index in [0.717, 1.165) is 32.2 Å². The molecular formula is C16H30ClN3O3. The molecule has 1 atom stereocenters. The predicted molar refractivity (Wildman–Crippen MR) is 93.5 cm³/mol. The van der Waals surface area contributed by atoms with Crippen LogP contribution < -0.4 is 11.1 Å². The van der Waals surface area contributed by atoms with Crippen LogP contribution in [0.4, 0.5) is 0 Å². The molecule has 0 radical (unpaired) electrons. The van der Waals surface area contributed by atoms with E-state index in [0.29, 0.717) is 39.1 Å². The minimum absolute atomic E-state index is 0. The van der Waals surface area contributed by atoms with Crippen LogP contribution in [0, 0.1) is 0 Å². The molecule has 1 rings (SSSR count). The van der Waals surface area contributed by atoms with Crippen LogP contribution >= 0.6 is 12.4 Å². The number of hydrogen-bond acceptors (Lipinski definition) is 4. The fraction of sp³-hybridized carbons (Fsp3) is 0.750. The van der Waals surface area contributed by atoms with E-state index in [4.69, 9.17) is 10.5 Å². The van der Waals surface area contributed by atoms with Crippen molar-refractivity contribution in [3.63, 3.8) is 0 Å². The largest absolute Gasteiger partial charge is 0.377 e. The molecule has 0 aromatic rings. The monoisotopic (exact) mass is 347 g/mol. The molecule has 1 unspecified atom stereocenters. The van der Waals surface area contributed by atoms with Crippen molar-refractivity contribution in [1.82, 2.24) is 10.2 Å². The van der Waals surface area contributed by atoms with Crippen LogP contribution in [0.2, 0.25) is 0 Å². The number of piperidine rings is 1. The topological polar surface area (TPSA) is 84.7 Å². The van der Waals surface area contributed by atoms with Gasteiger partial charge in [0.2, 0.25) is 11.8 Å². The third-order valence-electron chi connectivity index (χ3n) is 3.77. The SMILES string of the molecule is C=CCOCCCC(=O)N1CCCCC1CNC(=O)CCN.Cl. The van der Waals surface area contributed by atoms with Crippen LogP contribution in [0.15, 0.2) is 12.7 Å². The fourth-order valence-electron chi connectivity index (χ4n) is 2.63. The highest BCUT2D eigenvalue weighted by atomic mass is 35.5. The van der Waals surface area contributed by atoms with Gasteiger partial charge in [0.15, 0.2) is 0 Å². The molecule has 0 aliphatic carbocycles. The molecule has 1 aliphatic heterocycles. The van der Waals surface area contributed by atoms with Gasteiger partial charge in [-0.15, -0.1) is 19.0 Å². The Labute approximate surface area is 145 Å². The lowest BCUT2D eigenvalue weighted by Crippen LogP contribution is -2.49. The summed E-state index contributed by atoms with van der Waals surface area (Å²) in [5.41, 5.74) is 5.36. The number of carbonyl (C=O) groups excluding carboxylic acids is 2. The highest BCUT2D eigenvalue weighted by molar-refractivity contribution is 5.85. The number of carbonyl (C=O) groups is 2. The second-order valence-electron chi connectivity index (χ2n) is 5.55. The van der Waals surface area contributed by atoms with Gasteiger partial charge in [0.05, 0.1) is 6.61 Å². The lowest BCUT2D eigenvalue weighted by atomic mass is 10.0. The fourth-order valence-corrected chi connectivity index (χ4v) is 2.63. The first-order valence-corrected chi connectivity index (χ1v) is 8.14. The quantitative estimate of drug-likeness (QED) is 0.460. The van der Waals surface area contributed by atoms with Gasteiger partial charge in [-0.25, -0.2) is 0 Å². The number of nitrogens with two attached hydrogens (primary N) is 1. The Hall–Kier alpha value is -1.11. The molecule has 1 aliphatic rings. The zero-order valence-corrected chi connectivity index (χ0v) is 14.6. The Morgan fingerprint density at radius 2 is 2.13 bits per heavy atom. The first kappa shape index (κ1) is 21.9. The van der Waals surface area contributed by atoms with Crippen molar-refractivity contribution in [3.8, 4) is 0 Å². The van der Waals surface area contributed by atoms with Crippen molar-refractivity contribution in [3.05, 3.63) is 12.7 Å². The minimum Gasteiger partial charge on any atom is -0.377 e. The third kappa shape index (κ3) is 8.93.